The number of alkyl halides is 3. The quantitative estimate of drug-likeness (QED) is 0.872. The normalized spacial score (nSPS) is 13.3. The predicted molar refractivity (Wildman–Crippen MR) is 64.6 cm³/mol. The van der Waals surface area contributed by atoms with Gasteiger partial charge in [-0.1, -0.05) is 36.4 Å². The van der Waals surface area contributed by atoms with Gasteiger partial charge in [-0.25, -0.2) is 0 Å². The zero-order chi connectivity index (χ0) is 14.0. The van der Waals surface area contributed by atoms with Gasteiger partial charge in [0.05, 0.1) is 0 Å². The second-order valence-corrected chi connectivity index (χ2v) is 4.08. The predicted octanol–water partition coefficient (Wildman–Crippen LogP) is 3.65. The Hall–Kier alpha value is -2.01. The van der Waals surface area contributed by atoms with E-state index in [0.717, 1.165) is 12.1 Å². The largest absolute Gasteiger partial charge is 0.508 e. The van der Waals surface area contributed by atoms with Crippen molar-refractivity contribution in [2.24, 2.45) is 0 Å². The van der Waals surface area contributed by atoms with Gasteiger partial charge in [0.2, 0.25) is 0 Å². The van der Waals surface area contributed by atoms with Crippen LogP contribution in [-0.4, -0.2) is 16.4 Å². The van der Waals surface area contributed by atoms with Crippen molar-refractivity contribution in [2.75, 3.05) is 0 Å². The van der Waals surface area contributed by atoms with Crippen LogP contribution < -0.4 is 0 Å². The summed E-state index contributed by atoms with van der Waals surface area (Å²) in [7, 11) is 0. The summed E-state index contributed by atoms with van der Waals surface area (Å²) in [5.41, 5.74) is 0.656. The van der Waals surface area contributed by atoms with Crippen molar-refractivity contribution in [1.29, 1.82) is 0 Å². The van der Waals surface area contributed by atoms with Crippen molar-refractivity contribution in [2.45, 2.75) is 12.3 Å². The number of hydrogen-bond acceptors (Lipinski definition) is 2. The van der Waals surface area contributed by atoms with Gasteiger partial charge in [-0.3, -0.25) is 0 Å². The third-order valence-electron chi connectivity index (χ3n) is 2.74. The molecular formula is C14H11F3O2. The van der Waals surface area contributed by atoms with E-state index in [4.69, 9.17) is 0 Å². The molecule has 5 heteroatoms. The van der Waals surface area contributed by atoms with Crippen LogP contribution in [0, 0.1) is 0 Å². The molecule has 100 valence electrons. The lowest BCUT2D eigenvalue weighted by Crippen LogP contribution is -2.20. The van der Waals surface area contributed by atoms with Gasteiger partial charge in [0, 0.05) is 5.56 Å². The molecule has 1 unspecified atom stereocenters. The van der Waals surface area contributed by atoms with Crippen molar-refractivity contribution >= 4 is 0 Å². The zero-order valence-electron chi connectivity index (χ0n) is 9.72. The summed E-state index contributed by atoms with van der Waals surface area (Å²) in [5.74, 6) is -0.579. The van der Waals surface area contributed by atoms with Gasteiger partial charge in [-0.05, 0) is 23.3 Å². The minimum atomic E-state index is -4.81. The van der Waals surface area contributed by atoms with Crippen molar-refractivity contribution in [3.05, 3.63) is 54.1 Å². The molecule has 0 bridgehead atoms. The van der Waals surface area contributed by atoms with E-state index in [0.29, 0.717) is 11.1 Å². The first-order valence-corrected chi connectivity index (χ1v) is 5.52. The number of aliphatic hydroxyl groups excluding tert-OH is 1. The van der Waals surface area contributed by atoms with Gasteiger partial charge in [0.25, 0.3) is 0 Å². The second-order valence-electron chi connectivity index (χ2n) is 4.08. The SMILES string of the molecule is Oc1ccc(-c2ccccc2)cc1C(O)C(F)(F)F. The van der Waals surface area contributed by atoms with Crippen LogP contribution in [0.2, 0.25) is 0 Å². The lowest BCUT2D eigenvalue weighted by Gasteiger charge is -2.17. The molecule has 0 aliphatic carbocycles. The lowest BCUT2D eigenvalue weighted by atomic mass is 9.99. The van der Waals surface area contributed by atoms with Gasteiger partial charge in [-0.2, -0.15) is 13.2 Å². The summed E-state index contributed by atoms with van der Waals surface area (Å²) in [6.45, 7) is 0. The molecule has 0 amide bonds. The number of hydrogen-bond donors (Lipinski definition) is 2. The second kappa shape index (κ2) is 4.93. The zero-order valence-corrected chi connectivity index (χ0v) is 9.72. The Labute approximate surface area is 107 Å². The highest BCUT2D eigenvalue weighted by molar-refractivity contribution is 5.65. The molecular weight excluding hydrogens is 257 g/mol. The summed E-state index contributed by atoms with van der Waals surface area (Å²) < 4.78 is 37.5. The Morgan fingerprint density at radius 3 is 2.11 bits per heavy atom. The molecule has 2 N–H and O–H groups in total. The van der Waals surface area contributed by atoms with E-state index in [2.05, 4.69) is 0 Å². The number of halogens is 3. The van der Waals surface area contributed by atoms with E-state index in [1.165, 1.54) is 6.07 Å². The molecule has 2 aromatic carbocycles. The Balaban J connectivity index is 2.47. The van der Waals surface area contributed by atoms with E-state index in [-0.39, 0.29) is 0 Å². The average Bonchev–Trinajstić information content (AvgIpc) is 2.38. The van der Waals surface area contributed by atoms with Gasteiger partial charge >= 0.3 is 6.18 Å². The maximum atomic E-state index is 12.5. The minimum absolute atomic E-state index is 0.497. The first-order chi connectivity index (χ1) is 8.89. The Bertz CT molecular complexity index is 565. The molecule has 0 saturated carbocycles. The molecule has 0 fully saturated rings. The van der Waals surface area contributed by atoms with E-state index >= 15 is 0 Å². The fraction of sp³-hybridized carbons (Fsp3) is 0.143. The van der Waals surface area contributed by atoms with Crippen LogP contribution >= 0.6 is 0 Å². The molecule has 19 heavy (non-hydrogen) atoms. The third kappa shape index (κ3) is 2.88. The summed E-state index contributed by atoms with van der Waals surface area (Å²) in [6, 6.07) is 12.5. The molecule has 2 nitrogen and oxygen atoms in total. The molecule has 1 atom stereocenters. The number of aliphatic hydroxyl groups is 1. The maximum absolute atomic E-state index is 12.5. The first-order valence-electron chi connectivity index (χ1n) is 5.52. The van der Waals surface area contributed by atoms with Crippen LogP contribution in [0.3, 0.4) is 0 Å². The van der Waals surface area contributed by atoms with E-state index < -0.39 is 23.6 Å². The fourth-order valence-corrected chi connectivity index (χ4v) is 1.76. The Morgan fingerprint density at radius 1 is 0.895 bits per heavy atom. The topological polar surface area (TPSA) is 40.5 Å². The number of rotatable bonds is 2. The van der Waals surface area contributed by atoms with Crippen LogP contribution in [0.4, 0.5) is 13.2 Å². The summed E-state index contributed by atoms with van der Waals surface area (Å²) in [4.78, 5) is 0. The molecule has 0 heterocycles. The van der Waals surface area contributed by atoms with Crippen LogP contribution in [0.5, 0.6) is 5.75 Å². The number of benzene rings is 2. The van der Waals surface area contributed by atoms with Crippen molar-refractivity contribution in [3.8, 4) is 16.9 Å². The fourth-order valence-electron chi connectivity index (χ4n) is 1.76. The van der Waals surface area contributed by atoms with Gasteiger partial charge < -0.3 is 10.2 Å². The van der Waals surface area contributed by atoms with Crippen molar-refractivity contribution < 1.29 is 23.4 Å². The van der Waals surface area contributed by atoms with Crippen molar-refractivity contribution in [1.82, 2.24) is 0 Å². The summed E-state index contributed by atoms with van der Waals surface area (Å²) >= 11 is 0. The standard InChI is InChI=1S/C14H11F3O2/c15-14(16,17)13(19)11-8-10(6-7-12(11)18)9-4-2-1-3-5-9/h1-8,13,18-19H. The number of aromatic hydroxyl groups is 1. The van der Waals surface area contributed by atoms with Crippen LogP contribution in [0.25, 0.3) is 11.1 Å². The molecule has 0 radical (unpaired) electrons. The van der Waals surface area contributed by atoms with Crippen LogP contribution in [0.15, 0.2) is 48.5 Å². The van der Waals surface area contributed by atoms with E-state index in [1.54, 1.807) is 30.3 Å². The van der Waals surface area contributed by atoms with Crippen molar-refractivity contribution in [3.63, 3.8) is 0 Å². The highest BCUT2D eigenvalue weighted by Crippen LogP contribution is 2.38. The van der Waals surface area contributed by atoms with Gasteiger partial charge in [0.1, 0.15) is 5.75 Å². The summed E-state index contributed by atoms with van der Waals surface area (Å²) in [5, 5.41) is 18.7. The molecule has 2 aromatic rings. The first kappa shape index (κ1) is 13.4. The van der Waals surface area contributed by atoms with Gasteiger partial charge in [0.15, 0.2) is 6.10 Å². The molecule has 2 rings (SSSR count). The molecule has 0 saturated heterocycles. The summed E-state index contributed by atoms with van der Waals surface area (Å²) in [6.07, 6.45) is -7.51. The van der Waals surface area contributed by atoms with E-state index in [1.807, 2.05) is 0 Å². The Kier molecular flexibility index (Phi) is 3.48. The highest BCUT2D eigenvalue weighted by Gasteiger charge is 2.40. The van der Waals surface area contributed by atoms with Gasteiger partial charge in [-0.15, -0.1) is 0 Å². The molecule has 0 aromatic heterocycles. The third-order valence-corrected chi connectivity index (χ3v) is 2.74. The number of phenolic OH excluding ortho intramolecular Hbond substituents is 1. The maximum Gasteiger partial charge on any atom is 0.418 e. The van der Waals surface area contributed by atoms with Crippen LogP contribution in [-0.2, 0) is 0 Å². The molecule has 0 aliphatic heterocycles. The lowest BCUT2D eigenvalue weighted by molar-refractivity contribution is -0.207. The highest BCUT2D eigenvalue weighted by atomic mass is 19.4. The monoisotopic (exact) mass is 268 g/mol. The van der Waals surface area contributed by atoms with E-state index in [9.17, 15) is 23.4 Å². The Morgan fingerprint density at radius 2 is 1.53 bits per heavy atom. The average molecular weight is 268 g/mol. The minimum Gasteiger partial charge on any atom is -0.508 e. The van der Waals surface area contributed by atoms with Crippen LogP contribution in [0.1, 0.15) is 11.7 Å². The number of phenols is 1. The molecule has 0 spiro atoms. The molecule has 0 aliphatic rings. The smallest absolute Gasteiger partial charge is 0.418 e.